The van der Waals surface area contributed by atoms with Crippen LogP contribution in [0.2, 0.25) is 5.02 Å². The summed E-state index contributed by atoms with van der Waals surface area (Å²) in [6.45, 7) is 1.73. The monoisotopic (exact) mass is 258 g/mol. The zero-order chi connectivity index (χ0) is 12.0. The predicted molar refractivity (Wildman–Crippen MR) is 69.0 cm³/mol. The molecule has 0 bridgehead atoms. The molecule has 0 aliphatic rings. The molecule has 1 aromatic carbocycles. The molecule has 0 saturated heterocycles. The van der Waals surface area contributed by atoms with Gasteiger partial charge in [0.2, 0.25) is 0 Å². The van der Waals surface area contributed by atoms with E-state index in [2.05, 4.69) is 0 Å². The summed E-state index contributed by atoms with van der Waals surface area (Å²) < 4.78 is 0. The van der Waals surface area contributed by atoms with Crippen LogP contribution in [0.15, 0.2) is 24.3 Å². The molecule has 0 spiro atoms. The van der Waals surface area contributed by atoms with E-state index in [9.17, 15) is 4.79 Å². The van der Waals surface area contributed by atoms with Crippen LogP contribution in [0.4, 0.5) is 0 Å². The summed E-state index contributed by atoms with van der Waals surface area (Å²) in [7, 11) is 0. The molecule has 1 N–H and O–H groups in total. The van der Waals surface area contributed by atoms with E-state index >= 15 is 0 Å². The molecular formula is C12H15ClO2S. The van der Waals surface area contributed by atoms with E-state index in [0.717, 1.165) is 22.1 Å². The SMILES string of the molecule is CC(CCSCc1ccccc1Cl)C(=O)O. The number of aliphatic carboxylic acids is 1. The van der Waals surface area contributed by atoms with Gasteiger partial charge in [-0.25, -0.2) is 0 Å². The third-order valence-corrected chi connectivity index (χ3v) is 3.74. The van der Waals surface area contributed by atoms with Gasteiger partial charge < -0.3 is 5.11 Å². The highest BCUT2D eigenvalue weighted by atomic mass is 35.5. The molecule has 1 unspecified atom stereocenters. The van der Waals surface area contributed by atoms with Gasteiger partial charge in [0.25, 0.3) is 0 Å². The lowest BCUT2D eigenvalue weighted by atomic mass is 10.1. The van der Waals surface area contributed by atoms with Crippen molar-refractivity contribution in [3.8, 4) is 0 Å². The smallest absolute Gasteiger partial charge is 0.306 e. The number of halogens is 1. The number of carboxylic acid groups (broad SMARTS) is 1. The number of carboxylic acids is 1. The third kappa shape index (κ3) is 4.45. The van der Waals surface area contributed by atoms with Gasteiger partial charge in [-0.15, -0.1) is 0 Å². The highest BCUT2D eigenvalue weighted by Crippen LogP contribution is 2.21. The highest BCUT2D eigenvalue weighted by Gasteiger charge is 2.09. The summed E-state index contributed by atoms with van der Waals surface area (Å²) in [6, 6.07) is 7.73. The van der Waals surface area contributed by atoms with E-state index in [1.807, 2.05) is 24.3 Å². The van der Waals surface area contributed by atoms with E-state index in [1.54, 1.807) is 18.7 Å². The first-order valence-corrected chi connectivity index (χ1v) is 6.68. The van der Waals surface area contributed by atoms with E-state index < -0.39 is 5.97 Å². The van der Waals surface area contributed by atoms with Crippen LogP contribution in [0.5, 0.6) is 0 Å². The maximum absolute atomic E-state index is 10.6. The Labute approximate surface area is 105 Å². The molecule has 1 rings (SSSR count). The number of benzene rings is 1. The van der Waals surface area contributed by atoms with Crippen LogP contribution in [-0.2, 0) is 10.5 Å². The maximum atomic E-state index is 10.6. The number of rotatable bonds is 6. The first kappa shape index (κ1) is 13.4. The normalized spacial score (nSPS) is 12.4. The van der Waals surface area contributed by atoms with Crippen molar-refractivity contribution in [3.63, 3.8) is 0 Å². The summed E-state index contributed by atoms with van der Waals surface area (Å²) in [5.41, 5.74) is 1.11. The Balaban J connectivity index is 2.26. The van der Waals surface area contributed by atoms with Crippen LogP contribution in [-0.4, -0.2) is 16.8 Å². The second-order valence-electron chi connectivity index (χ2n) is 3.67. The molecule has 0 aliphatic carbocycles. The Hall–Kier alpha value is -0.670. The molecule has 0 aliphatic heterocycles. The second kappa shape index (κ2) is 6.81. The van der Waals surface area contributed by atoms with Gasteiger partial charge in [0, 0.05) is 10.8 Å². The van der Waals surface area contributed by atoms with Crippen LogP contribution in [0.25, 0.3) is 0 Å². The zero-order valence-electron chi connectivity index (χ0n) is 9.15. The lowest BCUT2D eigenvalue weighted by Gasteiger charge is -2.06. The summed E-state index contributed by atoms with van der Waals surface area (Å²) in [5.74, 6) is 0.696. The molecule has 0 saturated carbocycles. The molecule has 0 aromatic heterocycles. The summed E-state index contributed by atoms with van der Waals surface area (Å²) >= 11 is 7.73. The van der Waals surface area contributed by atoms with Crippen LogP contribution >= 0.6 is 23.4 Å². The highest BCUT2D eigenvalue weighted by molar-refractivity contribution is 7.98. The molecule has 0 amide bonds. The van der Waals surface area contributed by atoms with Crippen molar-refractivity contribution in [2.45, 2.75) is 19.1 Å². The minimum atomic E-state index is -0.724. The van der Waals surface area contributed by atoms with Gasteiger partial charge in [-0.1, -0.05) is 36.7 Å². The quantitative estimate of drug-likeness (QED) is 0.791. The van der Waals surface area contributed by atoms with Gasteiger partial charge in [0.1, 0.15) is 0 Å². The van der Waals surface area contributed by atoms with E-state index in [1.165, 1.54) is 0 Å². The number of hydrogen-bond acceptors (Lipinski definition) is 2. The fraction of sp³-hybridized carbons (Fsp3) is 0.417. The van der Waals surface area contributed by atoms with Crippen LogP contribution in [0, 0.1) is 5.92 Å². The van der Waals surface area contributed by atoms with Crippen molar-refractivity contribution in [1.29, 1.82) is 0 Å². The van der Waals surface area contributed by atoms with Crippen molar-refractivity contribution in [2.75, 3.05) is 5.75 Å². The van der Waals surface area contributed by atoms with Crippen molar-refractivity contribution in [3.05, 3.63) is 34.9 Å². The molecule has 1 atom stereocenters. The van der Waals surface area contributed by atoms with Crippen molar-refractivity contribution in [1.82, 2.24) is 0 Å². The standard InChI is InChI=1S/C12H15ClO2S/c1-9(12(14)15)6-7-16-8-10-4-2-3-5-11(10)13/h2-5,9H,6-8H2,1H3,(H,14,15). The van der Waals surface area contributed by atoms with Crippen molar-refractivity contribution < 1.29 is 9.90 Å². The number of hydrogen-bond donors (Lipinski definition) is 1. The molecule has 0 heterocycles. The maximum Gasteiger partial charge on any atom is 0.306 e. The van der Waals surface area contributed by atoms with Gasteiger partial charge in [0.05, 0.1) is 5.92 Å². The average Bonchev–Trinajstić information content (AvgIpc) is 2.26. The molecule has 16 heavy (non-hydrogen) atoms. The Kier molecular flexibility index (Phi) is 5.71. The fourth-order valence-electron chi connectivity index (χ4n) is 1.18. The molecule has 0 fully saturated rings. The predicted octanol–water partition coefficient (Wildman–Crippen LogP) is 3.68. The van der Waals surface area contributed by atoms with Crippen LogP contribution in [0.1, 0.15) is 18.9 Å². The first-order valence-electron chi connectivity index (χ1n) is 5.15. The van der Waals surface area contributed by atoms with Crippen molar-refractivity contribution in [2.24, 2.45) is 5.92 Å². The minimum Gasteiger partial charge on any atom is -0.481 e. The third-order valence-electron chi connectivity index (χ3n) is 2.33. The number of carbonyl (C=O) groups is 1. The molecular weight excluding hydrogens is 244 g/mol. The van der Waals surface area contributed by atoms with Gasteiger partial charge >= 0.3 is 5.97 Å². The Bertz CT molecular complexity index is 355. The lowest BCUT2D eigenvalue weighted by Crippen LogP contribution is -2.09. The molecule has 88 valence electrons. The zero-order valence-corrected chi connectivity index (χ0v) is 10.7. The minimum absolute atomic E-state index is 0.265. The molecule has 4 heteroatoms. The average molecular weight is 259 g/mol. The van der Waals surface area contributed by atoms with Gasteiger partial charge in [-0.05, 0) is 23.8 Å². The van der Waals surface area contributed by atoms with Crippen LogP contribution < -0.4 is 0 Å². The Morgan fingerprint density at radius 2 is 2.19 bits per heavy atom. The molecule has 2 nitrogen and oxygen atoms in total. The largest absolute Gasteiger partial charge is 0.481 e. The van der Waals surface area contributed by atoms with E-state index in [4.69, 9.17) is 16.7 Å². The second-order valence-corrected chi connectivity index (χ2v) is 5.18. The Morgan fingerprint density at radius 1 is 1.50 bits per heavy atom. The van der Waals surface area contributed by atoms with Gasteiger partial charge in [0.15, 0.2) is 0 Å². The van der Waals surface area contributed by atoms with E-state index in [0.29, 0.717) is 6.42 Å². The molecule has 1 aromatic rings. The molecule has 0 radical (unpaired) electrons. The fourth-order valence-corrected chi connectivity index (χ4v) is 2.60. The Morgan fingerprint density at radius 3 is 2.81 bits per heavy atom. The van der Waals surface area contributed by atoms with Crippen molar-refractivity contribution >= 4 is 29.3 Å². The summed E-state index contributed by atoms with van der Waals surface area (Å²) in [5, 5.41) is 9.49. The van der Waals surface area contributed by atoms with Gasteiger partial charge in [-0.3, -0.25) is 4.79 Å². The number of thioether (sulfide) groups is 1. The topological polar surface area (TPSA) is 37.3 Å². The lowest BCUT2D eigenvalue weighted by molar-refractivity contribution is -0.141. The van der Waals surface area contributed by atoms with Gasteiger partial charge in [-0.2, -0.15) is 11.8 Å². The summed E-state index contributed by atoms with van der Waals surface area (Å²) in [6.07, 6.45) is 0.699. The van der Waals surface area contributed by atoms with E-state index in [-0.39, 0.29) is 5.92 Å². The van der Waals surface area contributed by atoms with Crippen LogP contribution in [0.3, 0.4) is 0 Å². The summed E-state index contributed by atoms with van der Waals surface area (Å²) in [4.78, 5) is 10.6. The first-order chi connectivity index (χ1) is 7.61.